The van der Waals surface area contributed by atoms with Gasteiger partial charge in [-0.1, -0.05) is 18.6 Å². The van der Waals surface area contributed by atoms with E-state index >= 15 is 0 Å². The van der Waals surface area contributed by atoms with Crippen molar-refractivity contribution >= 4 is 21.8 Å². The molecule has 2 aliphatic heterocycles. The van der Waals surface area contributed by atoms with Crippen LogP contribution < -0.4 is 16.0 Å². The largest absolute Gasteiger partial charge is 0.352 e. The van der Waals surface area contributed by atoms with Gasteiger partial charge in [0.05, 0.1) is 23.1 Å². The lowest BCUT2D eigenvalue weighted by atomic mass is 10.0. The molecule has 142 valence electrons. The lowest BCUT2D eigenvalue weighted by Gasteiger charge is -2.16. The van der Waals surface area contributed by atoms with Crippen molar-refractivity contribution in [3.8, 4) is 0 Å². The van der Waals surface area contributed by atoms with Crippen LogP contribution in [0.25, 0.3) is 0 Å². The molecule has 3 N–H and O–H groups in total. The molecule has 2 saturated heterocycles. The Bertz CT molecular complexity index is 782. The van der Waals surface area contributed by atoms with Crippen LogP contribution in [0.1, 0.15) is 31.2 Å². The van der Waals surface area contributed by atoms with Crippen LogP contribution in [0.2, 0.25) is 0 Å². The molecule has 0 spiro atoms. The Hall–Kier alpha value is -2.16. The number of carbonyl (C=O) groups excluding carboxylic acids is 2. The summed E-state index contributed by atoms with van der Waals surface area (Å²) < 4.78 is 37.2. The first-order valence-corrected chi connectivity index (χ1v) is 10.4. The molecule has 3 rings (SSSR count). The van der Waals surface area contributed by atoms with E-state index in [1.54, 1.807) is 12.1 Å². The fraction of sp³-hybridized carbons (Fsp3) is 0.529. The molecule has 3 amide bonds. The summed E-state index contributed by atoms with van der Waals surface area (Å²) in [7, 11) is -3.23. The zero-order valence-electron chi connectivity index (χ0n) is 14.2. The van der Waals surface area contributed by atoms with E-state index in [-0.39, 0.29) is 35.6 Å². The summed E-state index contributed by atoms with van der Waals surface area (Å²) in [5, 5.41) is 7.48. The van der Waals surface area contributed by atoms with Crippen molar-refractivity contribution < 1.29 is 22.4 Å². The third-order valence-electron chi connectivity index (χ3n) is 4.87. The average Bonchev–Trinajstić information content (AvgIpc) is 3.03. The van der Waals surface area contributed by atoms with Crippen LogP contribution in [0.3, 0.4) is 0 Å². The maximum absolute atomic E-state index is 12.8. The Morgan fingerprint density at radius 2 is 1.92 bits per heavy atom. The molecule has 9 heteroatoms. The minimum absolute atomic E-state index is 0.0285. The Kier molecular flexibility index (Phi) is 5.45. The monoisotopic (exact) mass is 383 g/mol. The highest BCUT2D eigenvalue weighted by Crippen LogP contribution is 2.28. The van der Waals surface area contributed by atoms with Gasteiger partial charge in [-0.05, 0) is 30.5 Å². The summed E-state index contributed by atoms with van der Waals surface area (Å²) in [5.41, 5.74) is 0.812. The van der Waals surface area contributed by atoms with Gasteiger partial charge in [0.1, 0.15) is 5.82 Å². The number of hydrogen-bond donors (Lipinski definition) is 3. The number of fused-ring (bicyclic) bond motifs is 1. The smallest absolute Gasteiger partial charge is 0.315 e. The van der Waals surface area contributed by atoms with Gasteiger partial charge in [-0.25, -0.2) is 17.6 Å². The third kappa shape index (κ3) is 4.32. The molecule has 1 aromatic carbocycles. The number of rotatable bonds is 7. The zero-order valence-corrected chi connectivity index (χ0v) is 15.0. The predicted molar refractivity (Wildman–Crippen MR) is 93.5 cm³/mol. The number of urea groups is 1. The lowest BCUT2D eigenvalue weighted by molar-refractivity contribution is -0.121. The molecular formula is C17H22FN3O4S. The van der Waals surface area contributed by atoms with Crippen LogP contribution >= 0.6 is 0 Å². The highest BCUT2D eigenvalue weighted by Gasteiger charge is 2.51. The van der Waals surface area contributed by atoms with Crippen LogP contribution in [0.5, 0.6) is 0 Å². The van der Waals surface area contributed by atoms with Gasteiger partial charge in [0, 0.05) is 13.0 Å². The molecule has 26 heavy (non-hydrogen) atoms. The molecule has 3 unspecified atom stereocenters. The third-order valence-corrected chi connectivity index (χ3v) is 7.14. The van der Waals surface area contributed by atoms with Gasteiger partial charge in [0.2, 0.25) is 5.91 Å². The molecule has 0 aliphatic carbocycles. The van der Waals surface area contributed by atoms with Crippen molar-refractivity contribution in [2.24, 2.45) is 0 Å². The number of benzene rings is 1. The van der Waals surface area contributed by atoms with Gasteiger partial charge in [0.25, 0.3) is 0 Å². The number of carbonyl (C=O) groups is 2. The van der Waals surface area contributed by atoms with Crippen molar-refractivity contribution in [3.63, 3.8) is 0 Å². The van der Waals surface area contributed by atoms with E-state index in [0.29, 0.717) is 32.2 Å². The second-order valence-electron chi connectivity index (χ2n) is 6.77. The maximum atomic E-state index is 12.8. The summed E-state index contributed by atoms with van der Waals surface area (Å²) in [5.74, 6) is -0.477. The molecule has 2 fully saturated rings. The van der Waals surface area contributed by atoms with Gasteiger partial charge >= 0.3 is 6.03 Å². The lowest BCUT2D eigenvalue weighted by Crippen LogP contribution is -2.39. The molecule has 7 nitrogen and oxygen atoms in total. The van der Waals surface area contributed by atoms with E-state index in [0.717, 1.165) is 5.56 Å². The topological polar surface area (TPSA) is 104 Å². The van der Waals surface area contributed by atoms with Crippen molar-refractivity contribution in [2.75, 3.05) is 5.75 Å². The maximum Gasteiger partial charge on any atom is 0.315 e. The number of hydrogen-bond acceptors (Lipinski definition) is 4. The van der Waals surface area contributed by atoms with Crippen molar-refractivity contribution in [1.82, 2.24) is 16.0 Å². The Balaban J connectivity index is 1.39. The van der Waals surface area contributed by atoms with Gasteiger partial charge in [0.15, 0.2) is 9.84 Å². The first-order chi connectivity index (χ1) is 12.3. The van der Waals surface area contributed by atoms with Crippen LogP contribution in [-0.2, 0) is 21.2 Å². The molecule has 0 radical (unpaired) electrons. The Labute approximate surface area is 151 Å². The van der Waals surface area contributed by atoms with Gasteiger partial charge in [-0.3, -0.25) is 4.79 Å². The number of nitrogens with one attached hydrogen (secondary N) is 3. The summed E-state index contributed by atoms with van der Waals surface area (Å²) in [6.45, 7) is 0.331. The van der Waals surface area contributed by atoms with Crippen molar-refractivity contribution in [1.29, 1.82) is 0 Å². The fourth-order valence-corrected chi connectivity index (χ4v) is 5.80. The fourth-order valence-electron chi connectivity index (χ4n) is 3.53. The molecule has 0 aromatic heterocycles. The van der Waals surface area contributed by atoms with E-state index in [2.05, 4.69) is 16.0 Å². The summed E-state index contributed by atoms with van der Waals surface area (Å²) in [4.78, 5) is 23.2. The molecule has 1 aromatic rings. The highest BCUT2D eigenvalue weighted by molar-refractivity contribution is 7.92. The molecule has 2 heterocycles. The van der Waals surface area contributed by atoms with Crippen LogP contribution in [0.4, 0.5) is 9.18 Å². The minimum Gasteiger partial charge on any atom is -0.352 e. The molecule has 3 atom stereocenters. The van der Waals surface area contributed by atoms with Gasteiger partial charge in [-0.15, -0.1) is 0 Å². The molecule has 2 aliphatic rings. The number of sulfone groups is 1. The minimum atomic E-state index is -3.23. The first-order valence-electron chi connectivity index (χ1n) is 8.65. The van der Waals surface area contributed by atoms with E-state index in [4.69, 9.17) is 0 Å². The number of unbranched alkanes of at least 4 members (excludes halogenated alkanes) is 1. The second-order valence-corrected chi connectivity index (χ2v) is 9.03. The second kappa shape index (κ2) is 7.61. The van der Waals surface area contributed by atoms with Crippen molar-refractivity contribution in [2.45, 2.75) is 49.6 Å². The first kappa shape index (κ1) is 18.6. The predicted octanol–water partition coefficient (Wildman–Crippen LogP) is 0.849. The van der Waals surface area contributed by atoms with E-state index in [1.807, 2.05) is 0 Å². The normalized spacial score (nSPS) is 26.0. The number of amides is 3. The van der Waals surface area contributed by atoms with E-state index < -0.39 is 15.1 Å². The average molecular weight is 383 g/mol. The van der Waals surface area contributed by atoms with E-state index in [1.165, 1.54) is 12.1 Å². The summed E-state index contributed by atoms with van der Waals surface area (Å²) in [6.07, 6.45) is 1.89. The van der Waals surface area contributed by atoms with Crippen molar-refractivity contribution in [3.05, 3.63) is 35.6 Å². The van der Waals surface area contributed by atoms with Gasteiger partial charge in [-0.2, -0.15) is 0 Å². The van der Waals surface area contributed by atoms with Crippen LogP contribution in [0, 0.1) is 5.82 Å². The zero-order chi connectivity index (χ0) is 18.7. The summed E-state index contributed by atoms with van der Waals surface area (Å²) in [6, 6.07) is 4.86. The standard InChI is InChI=1S/C17H22FN3O4S/c18-12-7-5-11(6-8-12)9-19-15(22)4-2-1-3-14-16-13(10-26(14,24)25)20-17(23)21-16/h5-8,13-14,16H,1-4,9-10H2,(H,19,22)(H2,20,21,23). The van der Waals surface area contributed by atoms with Crippen LogP contribution in [0.15, 0.2) is 24.3 Å². The Morgan fingerprint density at radius 3 is 2.65 bits per heavy atom. The SMILES string of the molecule is O=C(CCCCC1C2NC(=O)NC2CS1(=O)=O)NCc1ccc(F)cc1. The summed E-state index contributed by atoms with van der Waals surface area (Å²) >= 11 is 0. The molecule has 0 saturated carbocycles. The van der Waals surface area contributed by atoms with Gasteiger partial charge < -0.3 is 16.0 Å². The molecule has 0 bridgehead atoms. The van der Waals surface area contributed by atoms with Crippen LogP contribution in [-0.4, -0.2) is 43.4 Å². The molecular weight excluding hydrogens is 361 g/mol. The van der Waals surface area contributed by atoms with E-state index in [9.17, 15) is 22.4 Å². The number of halogens is 1. The Morgan fingerprint density at radius 1 is 1.19 bits per heavy atom. The quantitative estimate of drug-likeness (QED) is 0.480. The highest BCUT2D eigenvalue weighted by atomic mass is 32.2.